The highest BCUT2D eigenvalue weighted by atomic mass is 16.5. The molecule has 0 bridgehead atoms. The molecular formula is C19H22O5. The number of ether oxygens (including phenoxy) is 1. The number of carboxylic acid groups (broad SMARTS) is 1. The molecule has 5 nitrogen and oxygen atoms in total. The van der Waals surface area contributed by atoms with Crippen molar-refractivity contribution in [3.05, 3.63) is 47.0 Å². The lowest BCUT2D eigenvalue weighted by Crippen LogP contribution is -2.23. The summed E-state index contributed by atoms with van der Waals surface area (Å²) in [7, 11) is 1.58. The maximum absolute atomic E-state index is 11.0. The number of benzene rings is 2. The molecule has 0 atom stereocenters. The zero-order chi connectivity index (χ0) is 18.1. The first kappa shape index (κ1) is 17.8. The molecule has 0 spiro atoms. The summed E-state index contributed by atoms with van der Waals surface area (Å²) >= 11 is 0. The molecule has 128 valence electrons. The highest BCUT2D eigenvalue weighted by Gasteiger charge is 2.22. The molecule has 0 aliphatic carbocycles. The maximum atomic E-state index is 11.0. The first-order valence-electron chi connectivity index (χ1n) is 7.59. The Labute approximate surface area is 141 Å². The van der Waals surface area contributed by atoms with Crippen molar-refractivity contribution in [3.8, 4) is 22.6 Å². The second-order valence-corrected chi connectivity index (χ2v) is 6.45. The second-order valence-electron chi connectivity index (χ2n) is 6.45. The van der Waals surface area contributed by atoms with E-state index in [2.05, 4.69) is 0 Å². The van der Waals surface area contributed by atoms with Gasteiger partial charge in [-0.1, -0.05) is 6.07 Å². The van der Waals surface area contributed by atoms with E-state index in [0.717, 1.165) is 16.7 Å². The van der Waals surface area contributed by atoms with Crippen molar-refractivity contribution in [2.75, 3.05) is 7.11 Å². The van der Waals surface area contributed by atoms with Gasteiger partial charge in [0.25, 0.3) is 0 Å². The minimum Gasteiger partial charge on any atom is -0.507 e. The fraction of sp³-hybridized carbons (Fsp3) is 0.316. The summed E-state index contributed by atoms with van der Waals surface area (Å²) in [4.78, 5) is 11.0. The molecule has 2 aromatic carbocycles. The van der Waals surface area contributed by atoms with E-state index < -0.39 is 11.6 Å². The van der Waals surface area contributed by atoms with Crippen molar-refractivity contribution >= 4 is 5.97 Å². The lowest BCUT2D eigenvalue weighted by atomic mass is 9.87. The van der Waals surface area contributed by atoms with E-state index in [1.165, 1.54) is 12.1 Å². The summed E-state index contributed by atoms with van der Waals surface area (Å²) in [5.74, 6) is -0.518. The van der Waals surface area contributed by atoms with Gasteiger partial charge in [-0.15, -0.1) is 0 Å². The predicted molar refractivity (Wildman–Crippen MR) is 91.8 cm³/mol. The van der Waals surface area contributed by atoms with Crippen molar-refractivity contribution in [3.63, 3.8) is 0 Å². The molecule has 0 aliphatic rings. The Balaban J connectivity index is 2.65. The third kappa shape index (κ3) is 3.68. The monoisotopic (exact) mass is 330 g/mol. The topological polar surface area (TPSA) is 87.0 Å². The van der Waals surface area contributed by atoms with E-state index in [4.69, 9.17) is 9.84 Å². The van der Waals surface area contributed by atoms with Gasteiger partial charge in [0, 0.05) is 12.0 Å². The molecule has 0 aromatic heterocycles. The van der Waals surface area contributed by atoms with Gasteiger partial charge in [-0.3, -0.25) is 0 Å². The highest BCUT2D eigenvalue weighted by Crippen LogP contribution is 2.38. The SMILES string of the molecule is COc1ccc(-c2ccc(C(=O)O)cc2O)c(CC(C)(C)O)c1C. The van der Waals surface area contributed by atoms with Crippen molar-refractivity contribution in [1.29, 1.82) is 0 Å². The van der Waals surface area contributed by atoms with Crippen molar-refractivity contribution in [1.82, 2.24) is 0 Å². The average Bonchev–Trinajstić information content (AvgIpc) is 2.48. The Kier molecular flexibility index (Phi) is 4.85. The third-order valence-corrected chi connectivity index (χ3v) is 3.91. The fourth-order valence-corrected chi connectivity index (χ4v) is 2.76. The number of carboxylic acids is 1. The molecule has 24 heavy (non-hydrogen) atoms. The van der Waals surface area contributed by atoms with Gasteiger partial charge in [-0.05, 0) is 61.7 Å². The molecule has 0 aliphatic heterocycles. The number of rotatable bonds is 5. The third-order valence-electron chi connectivity index (χ3n) is 3.91. The summed E-state index contributed by atoms with van der Waals surface area (Å²) < 4.78 is 5.35. The van der Waals surface area contributed by atoms with E-state index in [1.807, 2.05) is 13.0 Å². The van der Waals surface area contributed by atoms with Crippen LogP contribution in [-0.2, 0) is 6.42 Å². The number of hydrogen-bond donors (Lipinski definition) is 3. The van der Waals surface area contributed by atoms with Crippen LogP contribution in [0.25, 0.3) is 11.1 Å². The standard InChI is InChI=1S/C19H22O5/c1-11-15(10-19(2,3)23)13(7-8-17(11)24-4)14-6-5-12(18(21)22)9-16(14)20/h5-9,20,23H,10H2,1-4H3,(H,21,22). The number of phenolic OH excluding ortho intramolecular Hbond substituents is 1. The van der Waals surface area contributed by atoms with Crippen LogP contribution in [0.15, 0.2) is 30.3 Å². The van der Waals surface area contributed by atoms with Gasteiger partial charge in [0.05, 0.1) is 18.3 Å². The van der Waals surface area contributed by atoms with Crippen LogP contribution in [0.2, 0.25) is 0 Å². The van der Waals surface area contributed by atoms with Crippen molar-refractivity contribution in [2.24, 2.45) is 0 Å². The Morgan fingerprint density at radius 1 is 1.17 bits per heavy atom. The van der Waals surface area contributed by atoms with E-state index in [9.17, 15) is 15.0 Å². The zero-order valence-corrected chi connectivity index (χ0v) is 14.3. The molecule has 2 rings (SSSR count). The lowest BCUT2D eigenvalue weighted by molar-refractivity contribution is 0.0696. The van der Waals surface area contributed by atoms with E-state index >= 15 is 0 Å². The van der Waals surface area contributed by atoms with Crippen LogP contribution in [-0.4, -0.2) is 34.0 Å². The van der Waals surface area contributed by atoms with E-state index in [1.54, 1.807) is 33.1 Å². The summed E-state index contributed by atoms with van der Waals surface area (Å²) in [6.45, 7) is 5.32. The predicted octanol–water partition coefficient (Wildman–Crippen LogP) is 3.39. The van der Waals surface area contributed by atoms with Gasteiger partial charge in [0.1, 0.15) is 11.5 Å². The first-order chi connectivity index (χ1) is 11.1. The van der Waals surface area contributed by atoms with Crippen LogP contribution in [0.1, 0.15) is 35.3 Å². The fourth-order valence-electron chi connectivity index (χ4n) is 2.76. The first-order valence-corrected chi connectivity index (χ1v) is 7.59. The number of aromatic hydroxyl groups is 1. The van der Waals surface area contributed by atoms with E-state index in [-0.39, 0.29) is 11.3 Å². The lowest BCUT2D eigenvalue weighted by Gasteiger charge is -2.23. The zero-order valence-electron chi connectivity index (χ0n) is 14.3. The quantitative estimate of drug-likeness (QED) is 0.782. The molecule has 0 radical (unpaired) electrons. The van der Waals surface area contributed by atoms with E-state index in [0.29, 0.717) is 17.7 Å². The van der Waals surface area contributed by atoms with Gasteiger partial charge < -0.3 is 20.1 Å². The number of aromatic carboxylic acids is 1. The smallest absolute Gasteiger partial charge is 0.335 e. The number of aliphatic hydroxyl groups is 1. The van der Waals surface area contributed by atoms with Gasteiger partial charge in [-0.25, -0.2) is 4.79 Å². The largest absolute Gasteiger partial charge is 0.507 e. The van der Waals surface area contributed by atoms with Gasteiger partial charge in [0.15, 0.2) is 0 Å². The van der Waals surface area contributed by atoms with Crippen LogP contribution in [0, 0.1) is 6.92 Å². The summed E-state index contributed by atoms with van der Waals surface area (Å²) in [6.07, 6.45) is 0.367. The molecule has 0 amide bonds. The normalized spacial score (nSPS) is 11.4. The van der Waals surface area contributed by atoms with Crippen LogP contribution in [0.5, 0.6) is 11.5 Å². The second kappa shape index (κ2) is 6.53. The Morgan fingerprint density at radius 2 is 1.79 bits per heavy atom. The molecule has 3 N–H and O–H groups in total. The molecule has 2 aromatic rings. The van der Waals surface area contributed by atoms with Crippen LogP contribution < -0.4 is 4.74 Å². The molecule has 0 fully saturated rings. The number of phenols is 1. The molecule has 0 saturated heterocycles. The van der Waals surface area contributed by atoms with Gasteiger partial charge in [-0.2, -0.15) is 0 Å². The number of hydrogen-bond acceptors (Lipinski definition) is 4. The van der Waals surface area contributed by atoms with Crippen molar-refractivity contribution < 1.29 is 24.9 Å². The average molecular weight is 330 g/mol. The summed E-state index contributed by atoms with van der Waals surface area (Å²) in [5.41, 5.74) is 2.06. The maximum Gasteiger partial charge on any atom is 0.335 e. The van der Waals surface area contributed by atoms with Gasteiger partial charge >= 0.3 is 5.97 Å². The molecule has 0 saturated carbocycles. The minimum atomic E-state index is -1.10. The molecule has 5 heteroatoms. The Bertz CT molecular complexity index is 772. The van der Waals surface area contributed by atoms with Crippen molar-refractivity contribution in [2.45, 2.75) is 32.8 Å². The van der Waals surface area contributed by atoms with Crippen LogP contribution in [0.4, 0.5) is 0 Å². The molecular weight excluding hydrogens is 308 g/mol. The van der Waals surface area contributed by atoms with Crippen LogP contribution in [0.3, 0.4) is 0 Å². The molecule has 0 heterocycles. The Hall–Kier alpha value is -2.53. The summed E-state index contributed by atoms with van der Waals surface area (Å²) in [5, 5.41) is 29.5. The molecule has 0 unspecified atom stereocenters. The minimum absolute atomic E-state index is 0.0190. The highest BCUT2D eigenvalue weighted by molar-refractivity contribution is 5.90. The van der Waals surface area contributed by atoms with Crippen LogP contribution >= 0.6 is 0 Å². The number of carbonyl (C=O) groups is 1. The number of methoxy groups -OCH3 is 1. The van der Waals surface area contributed by atoms with Gasteiger partial charge in [0.2, 0.25) is 0 Å². The Morgan fingerprint density at radius 3 is 2.29 bits per heavy atom. The summed E-state index contributed by atoms with van der Waals surface area (Å²) in [6, 6.07) is 7.86.